The lowest BCUT2D eigenvalue weighted by atomic mass is 10.1. The molecule has 16 heavy (non-hydrogen) atoms. The Bertz CT molecular complexity index is 255. The molecule has 0 N–H and O–H groups in total. The maximum atomic E-state index is 12.2. The minimum absolute atomic E-state index is 0.132. The quantitative estimate of drug-likeness (QED) is 0.672. The van der Waals surface area contributed by atoms with Gasteiger partial charge in [0.05, 0.1) is 5.92 Å². The molecule has 2 nitrogen and oxygen atoms in total. The molecule has 0 bridgehead atoms. The number of halogens is 2. The molecule has 0 aromatic carbocycles. The highest BCUT2D eigenvalue weighted by Gasteiger charge is 2.57. The number of hydrogen-bond acceptors (Lipinski definition) is 1. The fourth-order valence-electron chi connectivity index (χ4n) is 1.78. The Morgan fingerprint density at radius 2 is 2.06 bits per heavy atom. The maximum Gasteiger partial charge on any atom is 0.229 e. The van der Waals surface area contributed by atoms with Gasteiger partial charge in [-0.3, -0.25) is 4.79 Å². The maximum absolute atomic E-state index is 12.2. The van der Waals surface area contributed by atoms with E-state index in [2.05, 4.69) is 20.8 Å². The van der Waals surface area contributed by atoms with Crippen LogP contribution in [0.4, 0.5) is 0 Å². The lowest BCUT2D eigenvalue weighted by Crippen LogP contribution is -2.40. The predicted molar refractivity (Wildman–Crippen MR) is 68.9 cm³/mol. The number of nitrogens with zero attached hydrogens (tertiary/aromatic N) is 1. The van der Waals surface area contributed by atoms with Crippen molar-refractivity contribution in [3.8, 4) is 0 Å². The topological polar surface area (TPSA) is 20.3 Å². The molecule has 0 spiro atoms. The van der Waals surface area contributed by atoms with E-state index in [1.54, 1.807) is 0 Å². The molecule has 0 aliphatic heterocycles. The number of alkyl halides is 2. The highest BCUT2D eigenvalue weighted by Crippen LogP contribution is 2.54. The molecule has 1 aliphatic rings. The lowest BCUT2D eigenvalue weighted by Gasteiger charge is -2.29. The summed E-state index contributed by atoms with van der Waals surface area (Å²) < 4.78 is -0.797. The van der Waals surface area contributed by atoms with E-state index in [4.69, 9.17) is 23.2 Å². The molecular formula is C12H21Cl2NO. The van der Waals surface area contributed by atoms with E-state index in [0.717, 1.165) is 25.8 Å². The van der Waals surface area contributed by atoms with Crippen LogP contribution in [0.5, 0.6) is 0 Å². The van der Waals surface area contributed by atoms with Crippen LogP contribution in [-0.2, 0) is 4.79 Å². The number of amides is 1. The Hall–Kier alpha value is 0.0500. The van der Waals surface area contributed by atoms with Gasteiger partial charge < -0.3 is 4.90 Å². The van der Waals surface area contributed by atoms with Gasteiger partial charge in [-0.25, -0.2) is 0 Å². The smallest absolute Gasteiger partial charge is 0.229 e. The summed E-state index contributed by atoms with van der Waals surface area (Å²) in [4.78, 5) is 14.1. The molecular weight excluding hydrogens is 245 g/mol. The monoisotopic (exact) mass is 265 g/mol. The second kappa shape index (κ2) is 5.59. The minimum Gasteiger partial charge on any atom is -0.340 e. The third-order valence-electron chi connectivity index (χ3n) is 3.28. The van der Waals surface area contributed by atoms with Gasteiger partial charge in [-0.05, 0) is 26.2 Å². The minimum atomic E-state index is -0.797. The summed E-state index contributed by atoms with van der Waals surface area (Å²) in [6, 6.07) is 0.281. The molecule has 1 fully saturated rings. The van der Waals surface area contributed by atoms with Crippen molar-refractivity contribution >= 4 is 29.1 Å². The number of rotatable bonds is 6. The van der Waals surface area contributed by atoms with E-state index in [0.29, 0.717) is 6.42 Å². The average molecular weight is 266 g/mol. The average Bonchev–Trinajstić information content (AvgIpc) is 2.87. The Morgan fingerprint density at radius 3 is 2.44 bits per heavy atom. The number of carbonyl (C=O) groups excluding carboxylic acids is 1. The Labute approximate surface area is 108 Å². The third kappa shape index (κ3) is 3.27. The van der Waals surface area contributed by atoms with Crippen molar-refractivity contribution in [2.75, 3.05) is 6.54 Å². The van der Waals surface area contributed by atoms with Crippen molar-refractivity contribution < 1.29 is 4.79 Å². The van der Waals surface area contributed by atoms with Crippen molar-refractivity contribution in [2.24, 2.45) is 5.92 Å². The molecule has 1 amide bonds. The van der Waals surface area contributed by atoms with Gasteiger partial charge in [-0.15, -0.1) is 23.2 Å². The van der Waals surface area contributed by atoms with Crippen LogP contribution in [0.3, 0.4) is 0 Å². The largest absolute Gasteiger partial charge is 0.340 e. The first-order chi connectivity index (χ1) is 7.44. The molecule has 0 aromatic rings. The van der Waals surface area contributed by atoms with Crippen LogP contribution in [-0.4, -0.2) is 27.7 Å². The normalized spacial score (nSPS) is 23.9. The highest BCUT2D eigenvalue weighted by molar-refractivity contribution is 6.52. The first-order valence-electron chi connectivity index (χ1n) is 6.12. The van der Waals surface area contributed by atoms with E-state index < -0.39 is 4.33 Å². The molecule has 2 unspecified atom stereocenters. The Kier molecular flexibility index (Phi) is 4.93. The summed E-state index contributed by atoms with van der Waals surface area (Å²) in [5, 5.41) is 0. The van der Waals surface area contributed by atoms with Crippen LogP contribution >= 0.6 is 23.2 Å². The zero-order chi connectivity index (χ0) is 12.3. The zero-order valence-corrected chi connectivity index (χ0v) is 11.8. The van der Waals surface area contributed by atoms with Gasteiger partial charge in [0.1, 0.15) is 4.33 Å². The molecule has 2 atom stereocenters. The summed E-state index contributed by atoms with van der Waals surface area (Å²) in [5.41, 5.74) is 0. The van der Waals surface area contributed by atoms with Crippen LogP contribution in [0.25, 0.3) is 0 Å². The number of hydrogen-bond donors (Lipinski definition) is 0. The van der Waals surface area contributed by atoms with E-state index in [1.165, 1.54) is 0 Å². The summed E-state index contributed by atoms with van der Waals surface area (Å²) in [5.74, 6) is -0.0468. The molecule has 0 aromatic heterocycles. The molecule has 0 saturated heterocycles. The van der Waals surface area contributed by atoms with Crippen molar-refractivity contribution in [3.63, 3.8) is 0 Å². The summed E-state index contributed by atoms with van der Waals surface area (Å²) >= 11 is 11.9. The Morgan fingerprint density at radius 1 is 1.50 bits per heavy atom. The van der Waals surface area contributed by atoms with Crippen molar-refractivity contribution in [1.29, 1.82) is 0 Å². The van der Waals surface area contributed by atoms with Crippen LogP contribution in [0.1, 0.15) is 46.5 Å². The lowest BCUT2D eigenvalue weighted by molar-refractivity contribution is -0.134. The van der Waals surface area contributed by atoms with Crippen LogP contribution in [0.2, 0.25) is 0 Å². The van der Waals surface area contributed by atoms with Gasteiger partial charge in [0.2, 0.25) is 5.91 Å². The van der Waals surface area contributed by atoms with Crippen molar-refractivity contribution in [3.05, 3.63) is 0 Å². The Balaban J connectivity index is 2.58. The van der Waals surface area contributed by atoms with Crippen LogP contribution in [0, 0.1) is 5.92 Å². The number of unbranched alkanes of at least 4 members (excludes halogenated alkanes) is 1. The molecule has 94 valence electrons. The summed E-state index contributed by atoms with van der Waals surface area (Å²) in [7, 11) is 0. The summed E-state index contributed by atoms with van der Waals surface area (Å²) in [6.07, 6.45) is 3.71. The molecule has 4 heteroatoms. The second-order valence-electron chi connectivity index (χ2n) is 4.66. The van der Waals surface area contributed by atoms with E-state index in [1.807, 2.05) is 4.90 Å². The zero-order valence-electron chi connectivity index (χ0n) is 10.3. The standard InChI is InChI=1S/C12H21Cl2NO/c1-4-6-7-15(9(3)5-2)11(16)10-8-12(10,13)14/h9-10H,4-8H2,1-3H3. The van der Waals surface area contributed by atoms with Gasteiger partial charge in [0.25, 0.3) is 0 Å². The molecule has 1 rings (SSSR count). The highest BCUT2D eigenvalue weighted by atomic mass is 35.5. The van der Waals surface area contributed by atoms with Gasteiger partial charge in [0.15, 0.2) is 0 Å². The van der Waals surface area contributed by atoms with E-state index >= 15 is 0 Å². The van der Waals surface area contributed by atoms with E-state index in [-0.39, 0.29) is 17.9 Å². The van der Waals surface area contributed by atoms with E-state index in [9.17, 15) is 4.79 Å². The van der Waals surface area contributed by atoms with Gasteiger partial charge in [-0.1, -0.05) is 20.3 Å². The molecule has 1 saturated carbocycles. The first-order valence-corrected chi connectivity index (χ1v) is 6.88. The summed E-state index contributed by atoms with van der Waals surface area (Å²) in [6.45, 7) is 7.13. The molecule has 0 heterocycles. The second-order valence-corrected chi connectivity index (χ2v) is 6.20. The fourth-order valence-corrected chi connectivity index (χ4v) is 2.27. The van der Waals surface area contributed by atoms with Gasteiger partial charge in [-0.2, -0.15) is 0 Å². The SMILES string of the molecule is CCCCN(C(=O)C1CC1(Cl)Cl)C(C)CC. The predicted octanol–water partition coefficient (Wildman–Crippen LogP) is 3.61. The third-order valence-corrected chi connectivity index (χ3v) is 4.12. The first kappa shape index (κ1) is 14.1. The van der Waals surface area contributed by atoms with Crippen molar-refractivity contribution in [2.45, 2.75) is 56.8 Å². The van der Waals surface area contributed by atoms with Gasteiger partial charge in [0, 0.05) is 12.6 Å². The van der Waals surface area contributed by atoms with Crippen LogP contribution in [0.15, 0.2) is 0 Å². The van der Waals surface area contributed by atoms with Crippen molar-refractivity contribution in [1.82, 2.24) is 4.90 Å². The van der Waals surface area contributed by atoms with Crippen LogP contribution < -0.4 is 0 Å². The molecule has 0 radical (unpaired) electrons. The number of carbonyl (C=O) groups is 1. The van der Waals surface area contributed by atoms with Gasteiger partial charge >= 0.3 is 0 Å². The molecule has 1 aliphatic carbocycles. The fraction of sp³-hybridized carbons (Fsp3) is 0.917.